The smallest absolute Gasteiger partial charge is 0.296 e. The molecule has 3 rings (SSSR count). The van der Waals surface area contributed by atoms with Gasteiger partial charge in [-0.25, -0.2) is 4.98 Å². The number of hydrogen-bond acceptors (Lipinski definition) is 9. The normalized spacial score (nSPS) is 10.4. The number of aromatic nitrogens is 3. The first-order valence-corrected chi connectivity index (χ1v) is 8.34. The Bertz CT molecular complexity index is 968. The topological polar surface area (TPSA) is 135 Å². The predicted molar refractivity (Wildman–Crippen MR) is 104 cm³/mol. The number of nitro benzene ring substituents is 1. The largest absolute Gasteiger partial charge is 0.496 e. The summed E-state index contributed by atoms with van der Waals surface area (Å²) < 4.78 is 5.05. The van der Waals surface area contributed by atoms with Gasteiger partial charge < -0.3 is 20.5 Å². The van der Waals surface area contributed by atoms with Gasteiger partial charge >= 0.3 is 0 Å². The first-order chi connectivity index (χ1) is 13.6. The van der Waals surface area contributed by atoms with E-state index in [4.69, 9.17) is 9.84 Å². The average molecular weight is 382 g/mol. The Balaban J connectivity index is 2.00. The molecule has 1 aromatic carbocycles. The number of rotatable bonds is 8. The van der Waals surface area contributed by atoms with E-state index in [1.807, 2.05) is 0 Å². The van der Waals surface area contributed by atoms with Gasteiger partial charge in [-0.15, -0.1) is 0 Å². The molecule has 3 aromatic rings. The van der Waals surface area contributed by atoms with Crippen LogP contribution in [0.25, 0.3) is 11.3 Å². The summed E-state index contributed by atoms with van der Waals surface area (Å²) in [5.41, 5.74) is 1.51. The Hall–Kier alpha value is -3.79. The summed E-state index contributed by atoms with van der Waals surface area (Å²) in [7, 11) is 1.44. The zero-order valence-electron chi connectivity index (χ0n) is 15.0. The van der Waals surface area contributed by atoms with Crippen molar-refractivity contribution in [2.75, 3.05) is 30.9 Å². The van der Waals surface area contributed by atoms with Gasteiger partial charge in [0.1, 0.15) is 17.3 Å². The first kappa shape index (κ1) is 19.0. The fraction of sp³-hybridized carbons (Fsp3) is 0.167. The molecular weight excluding hydrogens is 364 g/mol. The van der Waals surface area contributed by atoms with E-state index in [0.717, 1.165) is 5.56 Å². The van der Waals surface area contributed by atoms with Gasteiger partial charge in [0.25, 0.3) is 5.69 Å². The van der Waals surface area contributed by atoms with Gasteiger partial charge in [-0.2, -0.15) is 4.98 Å². The lowest BCUT2D eigenvalue weighted by atomic mass is 10.2. The van der Waals surface area contributed by atoms with Gasteiger partial charge in [0.15, 0.2) is 0 Å². The molecule has 0 amide bonds. The third-order valence-electron chi connectivity index (χ3n) is 3.76. The standard InChI is InChI=1S/C18H18N6O4/c1-28-13-2-3-14(16(10-13)24(26)27)21-17-11-15(12-4-6-19-7-5-12)22-18(23-17)20-8-9-25/h2-7,10-11,25H,8-9H2,1H3,(H2,20,21,22,23). The molecular formula is C18H18N6O4. The number of ether oxygens (including phenoxy) is 1. The maximum atomic E-state index is 11.4. The van der Waals surface area contributed by atoms with Crippen LogP contribution in [-0.4, -0.2) is 45.2 Å². The summed E-state index contributed by atoms with van der Waals surface area (Å²) in [6, 6.07) is 9.75. The second-order valence-electron chi connectivity index (χ2n) is 5.61. The molecule has 0 atom stereocenters. The van der Waals surface area contributed by atoms with E-state index in [-0.39, 0.29) is 30.5 Å². The Morgan fingerprint density at radius 2 is 1.96 bits per heavy atom. The van der Waals surface area contributed by atoms with Crippen molar-refractivity contribution in [3.05, 3.63) is 58.9 Å². The number of pyridine rings is 1. The summed E-state index contributed by atoms with van der Waals surface area (Å²) in [5, 5.41) is 26.3. The van der Waals surface area contributed by atoms with E-state index < -0.39 is 4.92 Å². The monoisotopic (exact) mass is 382 g/mol. The molecule has 0 saturated heterocycles. The zero-order chi connectivity index (χ0) is 19.9. The molecule has 0 bridgehead atoms. The molecule has 2 heterocycles. The lowest BCUT2D eigenvalue weighted by Crippen LogP contribution is -2.10. The molecule has 0 aliphatic heterocycles. The van der Waals surface area contributed by atoms with Crippen LogP contribution < -0.4 is 15.4 Å². The number of nitrogens with one attached hydrogen (secondary N) is 2. The lowest BCUT2D eigenvalue weighted by Gasteiger charge is -2.12. The Morgan fingerprint density at radius 3 is 2.64 bits per heavy atom. The number of methoxy groups -OCH3 is 1. The number of aliphatic hydroxyl groups excluding tert-OH is 1. The van der Waals surface area contributed by atoms with Crippen LogP contribution in [0.5, 0.6) is 5.75 Å². The van der Waals surface area contributed by atoms with E-state index in [0.29, 0.717) is 17.3 Å². The highest BCUT2D eigenvalue weighted by Crippen LogP contribution is 2.32. The fourth-order valence-electron chi connectivity index (χ4n) is 2.46. The minimum absolute atomic E-state index is 0.0877. The van der Waals surface area contributed by atoms with Gasteiger partial charge in [0.2, 0.25) is 5.95 Å². The van der Waals surface area contributed by atoms with Crippen LogP contribution in [0.3, 0.4) is 0 Å². The fourth-order valence-corrected chi connectivity index (χ4v) is 2.46. The van der Waals surface area contributed by atoms with Crippen molar-refractivity contribution < 1.29 is 14.8 Å². The summed E-state index contributed by atoms with van der Waals surface area (Å²) >= 11 is 0. The van der Waals surface area contributed by atoms with Crippen molar-refractivity contribution >= 4 is 23.1 Å². The van der Waals surface area contributed by atoms with E-state index in [1.54, 1.807) is 42.7 Å². The number of anilines is 3. The third-order valence-corrected chi connectivity index (χ3v) is 3.76. The molecule has 0 radical (unpaired) electrons. The molecule has 10 heteroatoms. The van der Waals surface area contributed by atoms with E-state index >= 15 is 0 Å². The number of nitrogens with zero attached hydrogens (tertiary/aromatic N) is 4. The maximum absolute atomic E-state index is 11.4. The van der Waals surface area contributed by atoms with Crippen molar-refractivity contribution in [2.45, 2.75) is 0 Å². The third kappa shape index (κ3) is 4.48. The van der Waals surface area contributed by atoms with Crippen LogP contribution in [0.4, 0.5) is 23.1 Å². The SMILES string of the molecule is COc1ccc(Nc2cc(-c3ccncc3)nc(NCCO)n2)c([N+](=O)[O-])c1. The highest BCUT2D eigenvalue weighted by molar-refractivity contribution is 5.72. The van der Waals surface area contributed by atoms with Gasteiger partial charge in [-0.3, -0.25) is 15.1 Å². The van der Waals surface area contributed by atoms with E-state index in [1.165, 1.54) is 13.2 Å². The number of nitro groups is 1. The molecule has 0 spiro atoms. The molecule has 0 aliphatic rings. The van der Waals surface area contributed by atoms with Gasteiger partial charge in [0.05, 0.1) is 30.4 Å². The van der Waals surface area contributed by atoms with Crippen molar-refractivity contribution in [3.63, 3.8) is 0 Å². The van der Waals surface area contributed by atoms with Crippen LogP contribution in [0, 0.1) is 10.1 Å². The van der Waals surface area contributed by atoms with Gasteiger partial charge in [-0.1, -0.05) is 0 Å². The highest BCUT2D eigenvalue weighted by Gasteiger charge is 2.17. The molecule has 144 valence electrons. The molecule has 0 aliphatic carbocycles. The van der Waals surface area contributed by atoms with E-state index in [2.05, 4.69) is 25.6 Å². The Morgan fingerprint density at radius 1 is 1.18 bits per heavy atom. The van der Waals surface area contributed by atoms with Crippen LogP contribution in [0.15, 0.2) is 48.8 Å². The minimum Gasteiger partial charge on any atom is -0.496 e. The van der Waals surface area contributed by atoms with Gasteiger partial charge in [-0.05, 0) is 24.3 Å². The van der Waals surface area contributed by atoms with Crippen LogP contribution in [0.1, 0.15) is 0 Å². The first-order valence-electron chi connectivity index (χ1n) is 8.34. The predicted octanol–water partition coefficient (Wildman–Crippen LogP) is 2.60. The molecule has 0 saturated carbocycles. The van der Waals surface area contributed by atoms with Crippen molar-refractivity contribution in [1.82, 2.24) is 15.0 Å². The number of benzene rings is 1. The summed E-state index contributed by atoms with van der Waals surface area (Å²) in [6.07, 6.45) is 3.28. The van der Waals surface area contributed by atoms with Crippen LogP contribution >= 0.6 is 0 Å². The highest BCUT2D eigenvalue weighted by atomic mass is 16.6. The molecule has 28 heavy (non-hydrogen) atoms. The number of hydrogen-bond donors (Lipinski definition) is 3. The van der Waals surface area contributed by atoms with Crippen LogP contribution in [0.2, 0.25) is 0 Å². The summed E-state index contributed by atoms with van der Waals surface area (Å²) in [4.78, 5) is 23.6. The molecule has 10 nitrogen and oxygen atoms in total. The van der Waals surface area contributed by atoms with Gasteiger partial charge in [0, 0.05) is 30.6 Å². The average Bonchev–Trinajstić information content (AvgIpc) is 2.73. The summed E-state index contributed by atoms with van der Waals surface area (Å²) in [5.74, 6) is 1.01. The van der Waals surface area contributed by atoms with Crippen LogP contribution in [-0.2, 0) is 0 Å². The molecule has 3 N–H and O–H groups in total. The number of aliphatic hydroxyl groups is 1. The van der Waals surface area contributed by atoms with E-state index in [9.17, 15) is 10.1 Å². The Labute approximate surface area is 160 Å². The second-order valence-corrected chi connectivity index (χ2v) is 5.61. The zero-order valence-corrected chi connectivity index (χ0v) is 15.0. The Kier molecular flexibility index (Phi) is 5.92. The second kappa shape index (κ2) is 8.73. The molecule has 2 aromatic heterocycles. The molecule has 0 unspecified atom stereocenters. The summed E-state index contributed by atoms with van der Waals surface area (Å²) in [6.45, 7) is 0.178. The van der Waals surface area contributed by atoms with Crippen molar-refractivity contribution in [1.29, 1.82) is 0 Å². The molecule has 0 fully saturated rings. The minimum atomic E-state index is -0.499. The maximum Gasteiger partial charge on any atom is 0.296 e. The lowest BCUT2D eigenvalue weighted by molar-refractivity contribution is -0.384. The van der Waals surface area contributed by atoms with Crippen molar-refractivity contribution in [2.24, 2.45) is 0 Å². The van der Waals surface area contributed by atoms with Crippen molar-refractivity contribution in [3.8, 4) is 17.0 Å². The quantitative estimate of drug-likeness (QED) is 0.397.